The Kier molecular flexibility index (Phi) is 4.29. The highest BCUT2D eigenvalue weighted by Gasteiger charge is 2.25. The average Bonchev–Trinajstić information content (AvgIpc) is 3.03. The molecule has 0 radical (unpaired) electrons. The normalized spacial score (nSPS) is 15.7. The van der Waals surface area contributed by atoms with Crippen LogP contribution < -0.4 is 9.80 Å². The Morgan fingerprint density at radius 1 is 1.12 bits per heavy atom. The highest BCUT2D eigenvalue weighted by atomic mass is 79.9. The van der Waals surface area contributed by atoms with Crippen LogP contribution in [0, 0.1) is 0 Å². The van der Waals surface area contributed by atoms with Gasteiger partial charge in [-0.3, -0.25) is 0 Å². The number of halogens is 1. The topological polar surface area (TPSA) is 63.0 Å². The molecule has 0 unspecified atom stereocenters. The van der Waals surface area contributed by atoms with Gasteiger partial charge in [-0.1, -0.05) is 0 Å². The zero-order valence-electron chi connectivity index (χ0n) is 14.3. The minimum Gasteiger partial charge on any atom is -0.356 e. The van der Waals surface area contributed by atoms with Gasteiger partial charge in [0.05, 0.1) is 9.86 Å². The van der Waals surface area contributed by atoms with Gasteiger partial charge in [0, 0.05) is 51.8 Å². The Hall–Kier alpha value is -2.22. The lowest BCUT2D eigenvalue weighted by atomic mass is 10.0. The number of aryl methyl sites for hydroxylation is 1. The zero-order chi connectivity index (χ0) is 17.4. The minimum absolute atomic E-state index is 0.436. The van der Waals surface area contributed by atoms with Gasteiger partial charge in [-0.2, -0.15) is 0 Å². The molecule has 0 aliphatic carbocycles. The van der Waals surface area contributed by atoms with E-state index in [9.17, 15) is 0 Å². The van der Waals surface area contributed by atoms with Crippen molar-refractivity contribution in [2.24, 2.45) is 7.05 Å². The van der Waals surface area contributed by atoms with Crippen LogP contribution in [0.2, 0.25) is 0 Å². The molecule has 0 amide bonds. The predicted molar refractivity (Wildman–Crippen MR) is 102 cm³/mol. The van der Waals surface area contributed by atoms with Gasteiger partial charge in [-0.15, -0.1) is 0 Å². The summed E-state index contributed by atoms with van der Waals surface area (Å²) in [6.45, 7) is 1.93. The van der Waals surface area contributed by atoms with Gasteiger partial charge < -0.3 is 14.4 Å². The third-order valence-electron chi connectivity index (χ3n) is 4.87. The highest BCUT2D eigenvalue weighted by molar-refractivity contribution is 9.10. The number of fused-ring (bicyclic) bond motifs is 1. The fourth-order valence-corrected chi connectivity index (χ4v) is 3.64. The van der Waals surface area contributed by atoms with Crippen molar-refractivity contribution in [3.8, 4) is 0 Å². The van der Waals surface area contributed by atoms with Crippen molar-refractivity contribution in [1.29, 1.82) is 0 Å². The first-order valence-electron chi connectivity index (χ1n) is 8.35. The van der Waals surface area contributed by atoms with E-state index < -0.39 is 0 Å². The van der Waals surface area contributed by atoms with E-state index in [1.54, 1.807) is 18.7 Å². The van der Waals surface area contributed by atoms with Crippen molar-refractivity contribution in [2.75, 3.05) is 29.9 Å². The molecule has 4 rings (SSSR count). The summed E-state index contributed by atoms with van der Waals surface area (Å²) in [6, 6.07) is 2.53. The van der Waals surface area contributed by atoms with Crippen molar-refractivity contribution in [3.05, 3.63) is 35.5 Å². The Morgan fingerprint density at radius 2 is 1.84 bits per heavy atom. The lowest BCUT2D eigenvalue weighted by Gasteiger charge is -2.37. The van der Waals surface area contributed by atoms with Crippen LogP contribution in [0.5, 0.6) is 0 Å². The number of anilines is 2. The molecule has 7 nitrogen and oxygen atoms in total. The molecule has 1 aliphatic heterocycles. The van der Waals surface area contributed by atoms with Crippen LogP contribution in [0.3, 0.4) is 0 Å². The molecular weight excluding hydrogens is 382 g/mol. The van der Waals surface area contributed by atoms with Crippen molar-refractivity contribution in [1.82, 2.24) is 24.5 Å². The van der Waals surface area contributed by atoms with Crippen LogP contribution in [-0.4, -0.2) is 50.7 Å². The molecule has 8 heteroatoms. The maximum atomic E-state index is 4.54. The number of rotatable bonds is 3. The Balaban J connectivity index is 1.48. The van der Waals surface area contributed by atoms with E-state index in [-0.39, 0.29) is 0 Å². The van der Waals surface area contributed by atoms with Gasteiger partial charge in [0.1, 0.15) is 17.8 Å². The van der Waals surface area contributed by atoms with E-state index >= 15 is 0 Å². The smallest absolute Gasteiger partial charge is 0.225 e. The summed E-state index contributed by atoms with van der Waals surface area (Å²) in [6.07, 6.45) is 9.38. The molecule has 0 N–H and O–H groups in total. The number of hydrogen-bond donors (Lipinski definition) is 0. The monoisotopic (exact) mass is 401 g/mol. The molecule has 0 aromatic carbocycles. The molecule has 1 fully saturated rings. The lowest BCUT2D eigenvalue weighted by Crippen LogP contribution is -2.44. The first kappa shape index (κ1) is 16.3. The zero-order valence-corrected chi connectivity index (χ0v) is 15.9. The van der Waals surface area contributed by atoms with Gasteiger partial charge in [0.2, 0.25) is 5.95 Å². The first-order chi connectivity index (χ1) is 12.1. The van der Waals surface area contributed by atoms with Crippen LogP contribution in [0.25, 0.3) is 11.0 Å². The highest BCUT2D eigenvalue weighted by Crippen LogP contribution is 2.27. The van der Waals surface area contributed by atoms with E-state index in [2.05, 4.69) is 58.8 Å². The third kappa shape index (κ3) is 3.06. The SMILES string of the molecule is CN(c1ncc(Br)cn1)C1CCN(c2ncnc3c2ccn3C)CC1. The van der Waals surface area contributed by atoms with Gasteiger partial charge in [0.15, 0.2) is 0 Å². The lowest BCUT2D eigenvalue weighted by molar-refractivity contribution is 0.476. The van der Waals surface area contributed by atoms with E-state index in [1.165, 1.54) is 0 Å². The van der Waals surface area contributed by atoms with Gasteiger partial charge in [-0.25, -0.2) is 19.9 Å². The number of aromatic nitrogens is 5. The molecule has 25 heavy (non-hydrogen) atoms. The molecule has 130 valence electrons. The van der Waals surface area contributed by atoms with Gasteiger partial charge in [-0.05, 0) is 34.8 Å². The summed E-state index contributed by atoms with van der Waals surface area (Å²) in [5.41, 5.74) is 0.979. The van der Waals surface area contributed by atoms with Crippen molar-refractivity contribution < 1.29 is 0 Å². The summed E-state index contributed by atoms with van der Waals surface area (Å²) in [5.74, 6) is 1.81. The largest absolute Gasteiger partial charge is 0.356 e. The Morgan fingerprint density at radius 3 is 2.56 bits per heavy atom. The maximum Gasteiger partial charge on any atom is 0.225 e. The molecule has 3 aromatic rings. The van der Waals surface area contributed by atoms with Crippen LogP contribution in [0.1, 0.15) is 12.8 Å². The summed E-state index contributed by atoms with van der Waals surface area (Å²) < 4.78 is 2.93. The average molecular weight is 402 g/mol. The Bertz CT molecular complexity index is 868. The predicted octanol–water partition coefficient (Wildman–Crippen LogP) is 2.63. The second kappa shape index (κ2) is 6.59. The third-order valence-corrected chi connectivity index (χ3v) is 5.28. The standard InChI is InChI=1S/C17H20BrN7/c1-23-6-5-14-15(23)21-11-22-16(14)25-7-3-13(4-8-25)24(2)17-19-9-12(18)10-20-17/h5-6,9-11,13H,3-4,7-8H2,1-2H3. The van der Waals surface area contributed by atoms with Gasteiger partial charge >= 0.3 is 0 Å². The van der Waals surface area contributed by atoms with Crippen molar-refractivity contribution in [2.45, 2.75) is 18.9 Å². The molecule has 0 atom stereocenters. The maximum absolute atomic E-state index is 4.54. The van der Waals surface area contributed by atoms with Crippen LogP contribution in [-0.2, 0) is 7.05 Å². The molecule has 1 saturated heterocycles. The fourth-order valence-electron chi connectivity index (χ4n) is 3.43. The second-order valence-electron chi connectivity index (χ2n) is 6.39. The summed E-state index contributed by atoms with van der Waals surface area (Å²) in [5, 5.41) is 1.12. The first-order valence-corrected chi connectivity index (χ1v) is 9.14. The van der Waals surface area contributed by atoms with Crippen molar-refractivity contribution in [3.63, 3.8) is 0 Å². The molecular formula is C17H20BrN7. The van der Waals surface area contributed by atoms with Crippen LogP contribution in [0.15, 0.2) is 35.5 Å². The summed E-state index contributed by atoms with van der Waals surface area (Å²) in [7, 11) is 4.09. The fraction of sp³-hybridized carbons (Fsp3) is 0.412. The number of hydrogen-bond acceptors (Lipinski definition) is 6. The molecule has 0 saturated carbocycles. The van der Waals surface area contributed by atoms with E-state index in [0.717, 1.165) is 53.2 Å². The molecule has 0 bridgehead atoms. The molecule has 3 aromatic heterocycles. The van der Waals surface area contributed by atoms with E-state index in [0.29, 0.717) is 6.04 Å². The van der Waals surface area contributed by atoms with Crippen LogP contribution >= 0.6 is 15.9 Å². The van der Waals surface area contributed by atoms with Crippen LogP contribution in [0.4, 0.5) is 11.8 Å². The molecule has 1 aliphatic rings. The number of nitrogens with zero attached hydrogens (tertiary/aromatic N) is 7. The van der Waals surface area contributed by atoms with Gasteiger partial charge in [0.25, 0.3) is 0 Å². The van der Waals surface area contributed by atoms with Crippen molar-refractivity contribution >= 4 is 38.7 Å². The molecule has 0 spiro atoms. The summed E-state index contributed by atoms with van der Waals surface area (Å²) >= 11 is 3.38. The van der Waals surface area contributed by atoms with E-state index in [1.807, 2.05) is 17.8 Å². The number of piperidine rings is 1. The Labute approximate surface area is 154 Å². The molecule has 4 heterocycles. The quantitative estimate of drug-likeness (QED) is 0.671. The second-order valence-corrected chi connectivity index (χ2v) is 7.31. The minimum atomic E-state index is 0.436. The van der Waals surface area contributed by atoms with E-state index in [4.69, 9.17) is 0 Å². The summed E-state index contributed by atoms with van der Waals surface area (Å²) in [4.78, 5) is 22.3.